The van der Waals surface area contributed by atoms with Crippen molar-refractivity contribution in [2.24, 2.45) is 0 Å². The summed E-state index contributed by atoms with van der Waals surface area (Å²) < 4.78 is 0. The van der Waals surface area contributed by atoms with E-state index in [1.807, 2.05) is 12.4 Å². The molecule has 0 spiro atoms. The molecule has 1 atom stereocenters. The number of rotatable bonds is 5. The van der Waals surface area contributed by atoms with Gasteiger partial charge in [0, 0.05) is 30.4 Å². The highest BCUT2D eigenvalue weighted by Crippen LogP contribution is 2.20. The molecule has 1 heterocycles. The molecular weight excluding hydrogens is 246 g/mol. The molecule has 20 heavy (non-hydrogen) atoms. The van der Waals surface area contributed by atoms with Crippen LogP contribution in [0.1, 0.15) is 37.8 Å². The Balaban J connectivity index is 2.12. The van der Waals surface area contributed by atoms with Gasteiger partial charge in [-0.3, -0.25) is 0 Å². The highest BCUT2D eigenvalue weighted by molar-refractivity contribution is 5.22. The van der Waals surface area contributed by atoms with Crippen LogP contribution in [0, 0.1) is 0 Å². The van der Waals surface area contributed by atoms with Gasteiger partial charge in [-0.1, -0.05) is 30.3 Å². The third kappa shape index (κ3) is 4.74. The molecule has 2 rings (SSSR count). The first-order chi connectivity index (χ1) is 9.54. The molecule has 0 aliphatic heterocycles. The van der Waals surface area contributed by atoms with E-state index in [9.17, 15) is 0 Å². The lowest BCUT2D eigenvalue weighted by Crippen LogP contribution is -2.39. The third-order valence-corrected chi connectivity index (χ3v) is 3.25. The van der Waals surface area contributed by atoms with Gasteiger partial charge in [0.15, 0.2) is 0 Å². The van der Waals surface area contributed by atoms with E-state index in [1.54, 1.807) is 6.33 Å². The predicted molar refractivity (Wildman–Crippen MR) is 82.7 cm³/mol. The first kappa shape index (κ1) is 14.7. The summed E-state index contributed by atoms with van der Waals surface area (Å²) in [5.41, 5.74) is 2.66. The molecule has 0 aliphatic rings. The Kier molecular flexibility index (Phi) is 4.85. The van der Waals surface area contributed by atoms with Gasteiger partial charge >= 0.3 is 0 Å². The van der Waals surface area contributed by atoms with Crippen molar-refractivity contribution >= 4 is 0 Å². The van der Waals surface area contributed by atoms with Gasteiger partial charge in [-0.05, 0) is 38.3 Å². The second-order valence-corrected chi connectivity index (χ2v) is 6.19. The van der Waals surface area contributed by atoms with Gasteiger partial charge in [-0.25, -0.2) is 9.97 Å². The monoisotopic (exact) mass is 269 g/mol. The summed E-state index contributed by atoms with van der Waals surface area (Å²) in [6, 6.07) is 10.6. The van der Waals surface area contributed by atoms with Crippen molar-refractivity contribution in [3.63, 3.8) is 0 Å². The largest absolute Gasteiger partial charge is 0.311 e. The first-order valence-corrected chi connectivity index (χ1v) is 7.08. The van der Waals surface area contributed by atoms with Crippen LogP contribution in [0.2, 0.25) is 0 Å². The Hall–Kier alpha value is -1.74. The van der Waals surface area contributed by atoms with E-state index in [4.69, 9.17) is 0 Å². The van der Waals surface area contributed by atoms with Gasteiger partial charge in [0.1, 0.15) is 6.33 Å². The first-order valence-electron chi connectivity index (χ1n) is 7.08. The van der Waals surface area contributed by atoms with Gasteiger partial charge in [0.2, 0.25) is 0 Å². The molecule has 1 aromatic heterocycles. The van der Waals surface area contributed by atoms with Crippen LogP contribution in [0.25, 0.3) is 0 Å². The highest BCUT2D eigenvalue weighted by atomic mass is 14.9. The van der Waals surface area contributed by atoms with Crippen molar-refractivity contribution in [1.29, 1.82) is 0 Å². The van der Waals surface area contributed by atoms with Gasteiger partial charge in [-0.2, -0.15) is 0 Å². The van der Waals surface area contributed by atoms with Crippen molar-refractivity contribution in [1.82, 2.24) is 15.3 Å². The molecule has 3 heteroatoms. The van der Waals surface area contributed by atoms with E-state index in [0.29, 0.717) is 5.92 Å². The summed E-state index contributed by atoms with van der Waals surface area (Å²) in [5.74, 6) is 0.432. The number of nitrogens with zero attached hydrogens (tertiary/aromatic N) is 2. The molecule has 0 saturated carbocycles. The minimum atomic E-state index is 0.125. The van der Waals surface area contributed by atoms with Crippen molar-refractivity contribution < 1.29 is 0 Å². The zero-order valence-electron chi connectivity index (χ0n) is 12.5. The molecule has 1 unspecified atom stereocenters. The van der Waals surface area contributed by atoms with E-state index in [1.165, 1.54) is 11.1 Å². The summed E-state index contributed by atoms with van der Waals surface area (Å²) in [4.78, 5) is 8.22. The standard InChI is InChI=1S/C17H23N3/c1-17(2,3)20-12-16(15-7-5-4-6-8-15)9-14-10-18-13-19-11-14/h4-8,10-11,13,16,20H,9,12H2,1-3H3. The fourth-order valence-electron chi connectivity index (χ4n) is 2.18. The third-order valence-electron chi connectivity index (χ3n) is 3.25. The average Bonchev–Trinajstić information content (AvgIpc) is 2.44. The fraction of sp³-hybridized carbons (Fsp3) is 0.412. The Morgan fingerprint density at radius 3 is 2.30 bits per heavy atom. The zero-order chi connectivity index (χ0) is 14.4. The van der Waals surface area contributed by atoms with Gasteiger partial charge in [-0.15, -0.1) is 0 Å². The Bertz CT molecular complexity index is 503. The van der Waals surface area contributed by atoms with Gasteiger partial charge in [0.05, 0.1) is 0 Å². The van der Waals surface area contributed by atoms with Crippen molar-refractivity contribution in [3.8, 4) is 0 Å². The molecule has 0 bridgehead atoms. The second kappa shape index (κ2) is 6.62. The number of nitrogens with one attached hydrogen (secondary N) is 1. The van der Waals surface area contributed by atoms with Crippen LogP contribution in [0.3, 0.4) is 0 Å². The van der Waals surface area contributed by atoms with Crippen molar-refractivity contribution in [2.45, 2.75) is 38.6 Å². The van der Waals surface area contributed by atoms with Crippen LogP contribution in [0.15, 0.2) is 49.1 Å². The minimum Gasteiger partial charge on any atom is -0.311 e. The fourth-order valence-corrected chi connectivity index (χ4v) is 2.18. The molecule has 1 aromatic carbocycles. The van der Waals surface area contributed by atoms with Crippen LogP contribution in [0.4, 0.5) is 0 Å². The SMILES string of the molecule is CC(C)(C)NCC(Cc1cncnc1)c1ccccc1. The topological polar surface area (TPSA) is 37.8 Å². The molecular formula is C17H23N3. The van der Waals surface area contributed by atoms with Crippen molar-refractivity contribution in [2.75, 3.05) is 6.54 Å². The maximum atomic E-state index is 4.11. The van der Waals surface area contributed by atoms with Crippen molar-refractivity contribution in [3.05, 3.63) is 60.2 Å². The van der Waals surface area contributed by atoms with E-state index in [0.717, 1.165) is 13.0 Å². The Labute approximate surface area is 121 Å². The molecule has 0 amide bonds. The maximum Gasteiger partial charge on any atom is 0.115 e. The van der Waals surface area contributed by atoms with Gasteiger partial charge < -0.3 is 5.32 Å². The molecule has 0 radical (unpaired) electrons. The smallest absolute Gasteiger partial charge is 0.115 e. The molecule has 0 fully saturated rings. The minimum absolute atomic E-state index is 0.125. The summed E-state index contributed by atoms with van der Waals surface area (Å²) in [6.07, 6.45) is 6.34. The summed E-state index contributed by atoms with van der Waals surface area (Å²) in [5, 5.41) is 3.60. The number of benzene rings is 1. The molecule has 2 aromatic rings. The molecule has 0 saturated heterocycles. The second-order valence-electron chi connectivity index (χ2n) is 6.19. The molecule has 3 nitrogen and oxygen atoms in total. The normalized spacial score (nSPS) is 13.2. The van der Waals surface area contributed by atoms with Crippen LogP contribution in [-0.4, -0.2) is 22.1 Å². The lowest BCUT2D eigenvalue weighted by Gasteiger charge is -2.25. The number of aromatic nitrogens is 2. The van der Waals surface area contributed by atoms with E-state index in [2.05, 4.69) is 66.4 Å². The Morgan fingerprint density at radius 1 is 1.05 bits per heavy atom. The lowest BCUT2D eigenvalue weighted by molar-refractivity contribution is 0.405. The van der Waals surface area contributed by atoms with Crippen LogP contribution < -0.4 is 5.32 Å². The zero-order valence-corrected chi connectivity index (χ0v) is 12.5. The van der Waals surface area contributed by atoms with Crippen LogP contribution >= 0.6 is 0 Å². The molecule has 106 valence electrons. The lowest BCUT2D eigenvalue weighted by atomic mass is 9.92. The van der Waals surface area contributed by atoms with E-state index >= 15 is 0 Å². The molecule has 0 aliphatic carbocycles. The molecule has 1 N–H and O–H groups in total. The Morgan fingerprint density at radius 2 is 1.70 bits per heavy atom. The average molecular weight is 269 g/mol. The predicted octanol–water partition coefficient (Wildman–Crippen LogP) is 3.19. The van der Waals surface area contributed by atoms with Crippen LogP contribution in [0.5, 0.6) is 0 Å². The highest BCUT2D eigenvalue weighted by Gasteiger charge is 2.16. The summed E-state index contributed by atoms with van der Waals surface area (Å²) in [6.45, 7) is 7.53. The number of hydrogen-bond acceptors (Lipinski definition) is 3. The maximum absolute atomic E-state index is 4.11. The van der Waals surface area contributed by atoms with E-state index in [-0.39, 0.29) is 5.54 Å². The van der Waals surface area contributed by atoms with Gasteiger partial charge in [0.25, 0.3) is 0 Å². The van der Waals surface area contributed by atoms with Crippen LogP contribution in [-0.2, 0) is 6.42 Å². The summed E-state index contributed by atoms with van der Waals surface area (Å²) in [7, 11) is 0. The van der Waals surface area contributed by atoms with E-state index < -0.39 is 0 Å². The summed E-state index contributed by atoms with van der Waals surface area (Å²) >= 11 is 0. The number of hydrogen-bond donors (Lipinski definition) is 1. The quantitative estimate of drug-likeness (QED) is 0.906.